The van der Waals surface area contributed by atoms with Crippen molar-refractivity contribution < 1.29 is 39.6 Å². The third-order valence-electron chi connectivity index (χ3n) is 4.06. The van der Waals surface area contributed by atoms with Gasteiger partial charge in [0.05, 0.1) is 22.3 Å². The quantitative estimate of drug-likeness (QED) is 0.522. The summed E-state index contributed by atoms with van der Waals surface area (Å²) in [6.45, 7) is 0. The average molecular weight is 354 g/mol. The molecule has 0 aromatic heterocycles. The second-order valence-electron chi connectivity index (χ2n) is 5.46. The molecule has 0 heterocycles. The first-order chi connectivity index (χ1) is 12.2. The van der Waals surface area contributed by atoms with E-state index in [1.165, 1.54) is 24.3 Å². The summed E-state index contributed by atoms with van der Waals surface area (Å²) in [5.41, 5.74) is -2.22. The van der Waals surface area contributed by atoms with Gasteiger partial charge in [-0.15, -0.1) is 0 Å². The molecule has 0 atom stereocenters. The Morgan fingerprint density at radius 3 is 1.08 bits per heavy atom. The Bertz CT molecular complexity index is 1050. The third kappa shape index (κ3) is 2.40. The number of fused-ring (bicyclic) bond motifs is 3. The molecule has 0 radical (unpaired) electrons. The largest absolute Gasteiger partial charge is 0.478 e. The molecule has 0 bridgehead atoms. The Morgan fingerprint density at radius 1 is 0.500 bits per heavy atom. The molecule has 0 aliphatic heterocycles. The zero-order valence-electron chi connectivity index (χ0n) is 12.9. The van der Waals surface area contributed by atoms with Gasteiger partial charge < -0.3 is 20.4 Å². The van der Waals surface area contributed by atoms with Crippen LogP contribution in [0.15, 0.2) is 36.4 Å². The second kappa shape index (κ2) is 5.85. The van der Waals surface area contributed by atoms with E-state index in [4.69, 9.17) is 0 Å². The highest BCUT2D eigenvalue weighted by Gasteiger charge is 2.26. The fourth-order valence-corrected chi connectivity index (χ4v) is 3.03. The highest BCUT2D eigenvalue weighted by atomic mass is 16.4. The second-order valence-corrected chi connectivity index (χ2v) is 5.46. The summed E-state index contributed by atoms with van der Waals surface area (Å²) >= 11 is 0. The summed E-state index contributed by atoms with van der Waals surface area (Å²) in [7, 11) is 0. The molecule has 0 spiro atoms. The zero-order chi connectivity index (χ0) is 19.2. The molecule has 0 aliphatic rings. The van der Waals surface area contributed by atoms with Gasteiger partial charge in [-0.2, -0.15) is 0 Å². The summed E-state index contributed by atoms with van der Waals surface area (Å²) in [5, 5.41) is 38.0. The van der Waals surface area contributed by atoms with Crippen LogP contribution in [0.5, 0.6) is 0 Å². The number of carboxylic acid groups (broad SMARTS) is 4. The van der Waals surface area contributed by atoms with Crippen LogP contribution >= 0.6 is 0 Å². The van der Waals surface area contributed by atoms with Crippen LogP contribution < -0.4 is 0 Å². The maximum absolute atomic E-state index is 11.8. The van der Waals surface area contributed by atoms with Gasteiger partial charge in [0.2, 0.25) is 0 Å². The number of carboxylic acids is 4. The highest BCUT2D eigenvalue weighted by Crippen LogP contribution is 2.34. The number of aromatic carboxylic acids is 4. The summed E-state index contributed by atoms with van der Waals surface area (Å²) in [6.07, 6.45) is 0. The van der Waals surface area contributed by atoms with Gasteiger partial charge in [-0.05, 0) is 22.9 Å². The van der Waals surface area contributed by atoms with Crippen molar-refractivity contribution in [3.63, 3.8) is 0 Å². The van der Waals surface area contributed by atoms with E-state index in [2.05, 4.69) is 0 Å². The van der Waals surface area contributed by atoms with E-state index < -0.39 is 46.1 Å². The molecule has 3 aromatic carbocycles. The molecule has 130 valence electrons. The standard InChI is InChI=1S/C18H10O8/c19-15(20)9-5-3-7-1-2-8-4-6-10(16(21)22)14(18(25)26)12(8)11(7)13(9)17(23)24/h1-6H,(H,19,20)(H,21,22)(H,23,24)(H,25,26). The van der Waals surface area contributed by atoms with Crippen LogP contribution in [0.3, 0.4) is 0 Å². The van der Waals surface area contributed by atoms with Crippen molar-refractivity contribution in [2.24, 2.45) is 0 Å². The summed E-state index contributed by atoms with van der Waals surface area (Å²) in [4.78, 5) is 46.4. The first-order valence-electron chi connectivity index (χ1n) is 7.19. The van der Waals surface area contributed by atoms with Gasteiger partial charge >= 0.3 is 23.9 Å². The van der Waals surface area contributed by atoms with Crippen LogP contribution in [0, 0.1) is 0 Å². The summed E-state index contributed by atoms with van der Waals surface area (Å²) in [5.74, 6) is -6.10. The van der Waals surface area contributed by atoms with Crippen LogP contribution in [0.2, 0.25) is 0 Å². The lowest BCUT2D eigenvalue weighted by molar-refractivity contribution is 0.0652. The van der Waals surface area contributed by atoms with Gasteiger partial charge in [-0.1, -0.05) is 24.3 Å². The van der Waals surface area contributed by atoms with Gasteiger partial charge in [0, 0.05) is 10.8 Å². The molecular formula is C18H10O8. The predicted octanol–water partition coefficient (Wildman–Crippen LogP) is 2.79. The lowest BCUT2D eigenvalue weighted by Gasteiger charge is -2.13. The molecule has 3 aromatic rings. The lowest BCUT2D eigenvalue weighted by Crippen LogP contribution is -2.12. The van der Waals surface area contributed by atoms with Crippen molar-refractivity contribution >= 4 is 45.4 Å². The first-order valence-corrected chi connectivity index (χ1v) is 7.19. The fraction of sp³-hybridized carbons (Fsp3) is 0. The molecule has 0 unspecified atom stereocenters. The minimum Gasteiger partial charge on any atom is -0.478 e. The summed E-state index contributed by atoms with van der Waals surface area (Å²) < 4.78 is 0. The van der Waals surface area contributed by atoms with Crippen LogP contribution in [0.4, 0.5) is 0 Å². The molecule has 26 heavy (non-hydrogen) atoms. The number of carbonyl (C=O) groups is 4. The normalized spacial score (nSPS) is 10.8. The number of hydrogen-bond donors (Lipinski definition) is 4. The van der Waals surface area contributed by atoms with Gasteiger partial charge in [-0.3, -0.25) is 0 Å². The van der Waals surface area contributed by atoms with E-state index in [9.17, 15) is 39.6 Å². The van der Waals surface area contributed by atoms with E-state index in [0.29, 0.717) is 0 Å². The van der Waals surface area contributed by atoms with Crippen molar-refractivity contribution in [1.82, 2.24) is 0 Å². The highest BCUT2D eigenvalue weighted by molar-refractivity contribution is 6.25. The van der Waals surface area contributed by atoms with E-state index >= 15 is 0 Å². The van der Waals surface area contributed by atoms with Gasteiger partial charge in [0.1, 0.15) is 0 Å². The molecule has 0 saturated carbocycles. The molecule has 8 nitrogen and oxygen atoms in total. The van der Waals surface area contributed by atoms with Crippen molar-refractivity contribution in [3.05, 3.63) is 58.7 Å². The number of rotatable bonds is 4. The topological polar surface area (TPSA) is 149 Å². The average Bonchev–Trinajstić information content (AvgIpc) is 2.58. The van der Waals surface area contributed by atoms with E-state index in [-0.39, 0.29) is 21.5 Å². The Balaban J connectivity index is 2.72. The lowest BCUT2D eigenvalue weighted by atomic mass is 9.89. The molecule has 8 heteroatoms. The SMILES string of the molecule is O=C(O)c1ccc2ccc3ccc(C(=O)O)c(C(=O)O)c3c2c1C(=O)O. The Labute approximate surface area is 144 Å². The van der Waals surface area contributed by atoms with E-state index in [1.807, 2.05) is 0 Å². The van der Waals surface area contributed by atoms with Gasteiger partial charge in [-0.25, -0.2) is 19.2 Å². The molecule has 0 saturated heterocycles. The van der Waals surface area contributed by atoms with Crippen LogP contribution in [-0.2, 0) is 0 Å². The van der Waals surface area contributed by atoms with Crippen molar-refractivity contribution in [3.8, 4) is 0 Å². The predicted molar refractivity (Wildman–Crippen MR) is 89.3 cm³/mol. The molecular weight excluding hydrogens is 344 g/mol. The molecule has 0 amide bonds. The number of hydrogen-bond acceptors (Lipinski definition) is 4. The van der Waals surface area contributed by atoms with E-state index in [0.717, 1.165) is 12.1 Å². The van der Waals surface area contributed by atoms with Crippen molar-refractivity contribution in [2.75, 3.05) is 0 Å². The maximum Gasteiger partial charge on any atom is 0.337 e. The molecule has 3 rings (SSSR count). The van der Waals surface area contributed by atoms with Gasteiger partial charge in [0.15, 0.2) is 0 Å². The van der Waals surface area contributed by atoms with Crippen LogP contribution in [0.25, 0.3) is 21.5 Å². The molecule has 0 aliphatic carbocycles. The Hall–Kier alpha value is -3.94. The maximum atomic E-state index is 11.8. The molecule has 0 fully saturated rings. The van der Waals surface area contributed by atoms with Crippen molar-refractivity contribution in [1.29, 1.82) is 0 Å². The minimum atomic E-state index is -1.56. The van der Waals surface area contributed by atoms with Gasteiger partial charge in [0.25, 0.3) is 0 Å². The fourth-order valence-electron chi connectivity index (χ4n) is 3.03. The van der Waals surface area contributed by atoms with Crippen LogP contribution in [-0.4, -0.2) is 44.3 Å². The zero-order valence-corrected chi connectivity index (χ0v) is 12.9. The van der Waals surface area contributed by atoms with E-state index in [1.54, 1.807) is 0 Å². The monoisotopic (exact) mass is 354 g/mol. The Morgan fingerprint density at radius 2 is 0.808 bits per heavy atom. The minimum absolute atomic E-state index is 0.129. The Kier molecular flexibility index (Phi) is 3.80. The van der Waals surface area contributed by atoms with Crippen molar-refractivity contribution in [2.45, 2.75) is 0 Å². The first kappa shape index (κ1) is 16.9. The third-order valence-corrected chi connectivity index (χ3v) is 4.06. The smallest absolute Gasteiger partial charge is 0.337 e. The van der Waals surface area contributed by atoms with Crippen LogP contribution in [0.1, 0.15) is 41.4 Å². The molecule has 4 N–H and O–H groups in total. The number of benzene rings is 3. The summed E-state index contributed by atoms with van der Waals surface area (Å²) in [6, 6.07) is 7.96.